The van der Waals surface area contributed by atoms with Crippen molar-refractivity contribution in [1.82, 2.24) is 9.76 Å². The zero-order valence-corrected chi connectivity index (χ0v) is 19.5. The first-order chi connectivity index (χ1) is 11.9. The van der Waals surface area contributed by atoms with E-state index in [4.69, 9.17) is 9.26 Å². The van der Waals surface area contributed by atoms with Gasteiger partial charge in [0.25, 0.3) is 0 Å². The van der Waals surface area contributed by atoms with Crippen molar-refractivity contribution in [2.24, 2.45) is 0 Å². The van der Waals surface area contributed by atoms with Crippen LogP contribution >= 0.6 is 39.5 Å². The van der Waals surface area contributed by atoms with Crippen LogP contribution in [0.25, 0.3) is 0 Å². The van der Waals surface area contributed by atoms with Crippen molar-refractivity contribution in [3.8, 4) is 0 Å². The molecule has 0 radical (unpaired) electrons. The molecule has 1 N–H and O–H groups in total. The Kier molecular flexibility index (Phi) is 12.1. The molecular weight excluding hydrogens is 471 g/mol. The molecule has 1 heterocycles. The topological polar surface area (TPSA) is 50.8 Å². The molecule has 146 valence electrons. The Bertz CT molecular complexity index is 496. The van der Waals surface area contributed by atoms with E-state index in [9.17, 15) is 4.57 Å². The van der Waals surface area contributed by atoms with Crippen molar-refractivity contribution in [3.05, 3.63) is 23.3 Å². The molecule has 2 atom stereocenters. The number of alkyl halides is 2. The van der Waals surface area contributed by atoms with Gasteiger partial charge in [-0.05, 0) is 33.6 Å². The predicted molar refractivity (Wildman–Crippen MR) is 113 cm³/mol. The van der Waals surface area contributed by atoms with Crippen LogP contribution in [0.4, 0.5) is 0 Å². The van der Waals surface area contributed by atoms with E-state index in [0.717, 1.165) is 24.6 Å². The molecule has 5 nitrogen and oxygen atoms in total. The zero-order valence-electron chi connectivity index (χ0n) is 15.5. The van der Waals surface area contributed by atoms with Crippen molar-refractivity contribution >= 4 is 39.5 Å². The predicted octanol–water partition coefficient (Wildman–Crippen LogP) is 5.23. The highest BCUT2D eigenvalue weighted by Crippen LogP contribution is 2.51. The second kappa shape index (κ2) is 12.8. The van der Waals surface area contributed by atoms with Crippen LogP contribution in [0.2, 0.25) is 0 Å². The van der Waals surface area contributed by atoms with E-state index in [1.807, 2.05) is 4.67 Å². The summed E-state index contributed by atoms with van der Waals surface area (Å²) < 4.78 is 26.5. The lowest BCUT2D eigenvalue weighted by atomic mass is 10.1. The summed E-state index contributed by atoms with van der Waals surface area (Å²) in [5, 5.41) is 4.48. The van der Waals surface area contributed by atoms with Gasteiger partial charge in [-0.25, -0.2) is 5.09 Å². The Morgan fingerprint density at radius 3 is 2.72 bits per heavy atom. The summed E-state index contributed by atoms with van der Waals surface area (Å²) in [7, 11) is -3.04. The van der Waals surface area contributed by atoms with Gasteiger partial charge >= 0.3 is 7.67 Å². The molecule has 0 bridgehead atoms. The Labute approximate surface area is 169 Å². The fraction of sp³-hybridized carbons (Fsp3) is 0.765. The molecule has 8 heteroatoms. The minimum absolute atomic E-state index is 0.193. The highest BCUT2D eigenvalue weighted by atomic mass is 79.9. The van der Waals surface area contributed by atoms with Gasteiger partial charge < -0.3 is 9.26 Å². The molecule has 0 aliphatic carbocycles. The van der Waals surface area contributed by atoms with Gasteiger partial charge in [-0.15, -0.1) is 0 Å². The molecule has 1 aliphatic heterocycles. The van der Waals surface area contributed by atoms with Crippen LogP contribution in [-0.4, -0.2) is 47.9 Å². The Balaban J connectivity index is 2.59. The Morgan fingerprint density at radius 1 is 1.32 bits per heavy atom. The van der Waals surface area contributed by atoms with Gasteiger partial charge in [-0.3, -0.25) is 4.57 Å². The first-order valence-corrected chi connectivity index (χ1v) is 12.5. The zero-order chi connectivity index (χ0) is 18.7. The molecule has 25 heavy (non-hydrogen) atoms. The first-order valence-electron chi connectivity index (χ1n) is 8.72. The molecular formula is C17H31Br2N2O3P. The van der Waals surface area contributed by atoms with E-state index in [0.29, 0.717) is 31.6 Å². The van der Waals surface area contributed by atoms with Crippen LogP contribution in [0.5, 0.6) is 0 Å². The molecule has 1 saturated heterocycles. The van der Waals surface area contributed by atoms with Gasteiger partial charge in [-0.2, -0.15) is 4.67 Å². The number of nitrogens with zero attached hydrogens (tertiary/aromatic N) is 1. The van der Waals surface area contributed by atoms with Crippen LogP contribution in [0, 0.1) is 0 Å². The summed E-state index contributed by atoms with van der Waals surface area (Å²) in [4.78, 5) is 0. The van der Waals surface area contributed by atoms with E-state index in [2.05, 4.69) is 69.9 Å². The summed E-state index contributed by atoms with van der Waals surface area (Å²) in [6.07, 6.45) is 7.00. The number of hydrogen-bond acceptors (Lipinski definition) is 3. The van der Waals surface area contributed by atoms with Crippen molar-refractivity contribution in [2.45, 2.75) is 46.3 Å². The lowest BCUT2D eigenvalue weighted by Gasteiger charge is -2.40. The maximum Gasteiger partial charge on any atom is 0.345 e. The molecule has 0 amide bonds. The van der Waals surface area contributed by atoms with Gasteiger partial charge in [-0.1, -0.05) is 55.2 Å². The first kappa shape index (κ1) is 23.5. The maximum absolute atomic E-state index is 13.1. The Morgan fingerprint density at radius 2 is 2.08 bits per heavy atom. The van der Waals surface area contributed by atoms with E-state index in [-0.39, 0.29) is 6.23 Å². The monoisotopic (exact) mass is 500 g/mol. The molecule has 0 aromatic carbocycles. The molecule has 0 aromatic rings. The van der Waals surface area contributed by atoms with Gasteiger partial charge in [0, 0.05) is 30.2 Å². The molecule has 0 aromatic heterocycles. The SMILES string of the molecule is CC(C)=CCCC(C)=CCOC1CCOP(=O)(NCCBr)N1CCBr. The third-order valence-corrected chi connectivity index (χ3v) is 6.87. The van der Waals surface area contributed by atoms with Crippen molar-refractivity contribution in [2.75, 3.05) is 37.0 Å². The number of hydrogen-bond donors (Lipinski definition) is 1. The van der Waals surface area contributed by atoms with Gasteiger partial charge in [0.1, 0.15) is 6.23 Å². The van der Waals surface area contributed by atoms with Crippen LogP contribution in [-0.2, 0) is 13.8 Å². The summed E-state index contributed by atoms with van der Waals surface area (Å²) in [5.74, 6) is 0. The molecule has 1 rings (SSSR count). The van der Waals surface area contributed by atoms with E-state index >= 15 is 0 Å². The lowest BCUT2D eigenvalue weighted by molar-refractivity contribution is -0.0422. The standard InChI is InChI=1S/C17H31Br2N2O3P/c1-15(2)5-4-6-16(3)7-13-23-17-8-14-24-25(22,20-11-9-18)21(17)12-10-19/h5,7,17H,4,6,8-14H2,1-3H3,(H,20,22). The third kappa shape index (κ3) is 8.83. The van der Waals surface area contributed by atoms with Gasteiger partial charge in [0.15, 0.2) is 0 Å². The van der Waals surface area contributed by atoms with E-state index in [1.165, 1.54) is 11.1 Å². The minimum Gasteiger partial charge on any atom is -0.358 e. The number of ether oxygens (including phenoxy) is 1. The van der Waals surface area contributed by atoms with Crippen molar-refractivity contribution in [1.29, 1.82) is 0 Å². The highest BCUT2D eigenvalue weighted by molar-refractivity contribution is 9.09. The molecule has 1 aliphatic rings. The third-order valence-electron chi connectivity index (χ3n) is 3.83. The normalized spacial score (nSPS) is 25.2. The number of nitrogens with one attached hydrogen (secondary N) is 1. The second-order valence-corrected chi connectivity index (χ2v) is 9.97. The Hall–Kier alpha value is 0.510. The van der Waals surface area contributed by atoms with Crippen LogP contribution in [0.15, 0.2) is 23.3 Å². The van der Waals surface area contributed by atoms with Gasteiger partial charge in [0.05, 0.1) is 13.2 Å². The smallest absolute Gasteiger partial charge is 0.345 e. The maximum atomic E-state index is 13.1. The summed E-state index contributed by atoms with van der Waals surface area (Å²) in [6.45, 7) is 8.54. The average molecular weight is 502 g/mol. The van der Waals surface area contributed by atoms with Crippen LogP contribution < -0.4 is 5.09 Å². The molecule has 0 saturated carbocycles. The highest BCUT2D eigenvalue weighted by Gasteiger charge is 2.40. The molecule has 0 spiro atoms. The fourth-order valence-electron chi connectivity index (χ4n) is 2.51. The molecule has 1 fully saturated rings. The number of halogens is 2. The average Bonchev–Trinajstić information content (AvgIpc) is 2.56. The fourth-order valence-corrected chi connectivity index (χ4v) is 5.73. The summed E-state index contributed by atoms with van der Waals surface area (Å²) in [5.41, 5.74) is 2.67. The molecule has 2 unspecified atom stereocenters. The van der Waals surface area contributed by atoms with E-state index < -0.39 is 7.67 Å². The second-order valence-electron chi connectivity index (χ2n) is 6.25. The van der Waals surface area contributed by atoms with Gasteiger partial charge in [0.2, 0.25) is 0 Å². The number of allylic oxidation sites excluding steroid dienone is 3. The quantitative estimate of drug-likeness (QED) is 0.238. The largest absolute Gasteiger partial charge is 0.358 e. The van der Waals surface area contributed by atoms with Crippen LogP contribution in [0.3, 0.4) is 0 Å². The van der Waals surface area contributed by atoms with Crippen molar-refractivity contribution < 1.29 is 13.8 Å². The lowest BCUT2D eigenvalue weighted by Crippen LogP contribution is -2.44. The van der Waals surface area contributed by atoms with Crippen molar-refractivity contribution in [3.63, 3.8) is 0 Å². The summed E-state index contributed by atoms with van der Waals surface area (Å²) >= 11 is 6.79. The van der Waals surface area contributed by atoms with E-state index in [1.54, 1.807) is 0 Å². The number of rotatable bonds is 11. The minimum atomic E-state index is -3.04. The summed E-state index contributed by atoms with van der Waals surface area (Å²) in [6, 6.07) is 0. The van der Waals surface area contributed by atoms with Crippen LogP contribution in [0.1, 0.15) is 40.0 Å².